The van der Waals surface area contributed by atoms with Crippen LogP contribution in [0, 0.1) is 0 Å². The van der Waals surface area contributed by atoms with Crippen molar-refractivity contribution in [1.29, 1.82) is 0 Å². The Kier molecular flexibility index (Phi) is 4.40. The molecule has 0 unspecified atom stereocenters. The molecule has 126 valence electrons. The van der Waals surface area contributed by atoms with E-state index in [1.807, 2.05) is 24.3 Å². The molecule has 2 aromatic carbocycles. The first-order valence-electron chi connectivity index (χ1n) is 8.01. The predicted octanol–water partition coefficient (Wildman–Crippen LogP) is -0.141. The molecule has 0 radical (unpaired) electrons. The highest BCUT2D eigenvalue weighted by atomic mass is 16.4. The summed E-state index contributed by atoms with van der Waals surface area (Å²) in [6, 6.07) is 8.83. The fourth-order valence-corrected chi connectivity index (χ4v) is 3.30. The zero-order valence-corrected chi connectivity index (χ0v) is 13.5. The van der Waals surface area contributed by atoms with Gasteiger partial charge in [-0.2, -0.15) is 0 Å². The van der Waals surface area contributed by atoms with Gasteiger partial charge in [0.2, 0.25) is 5.91 Å². The van der Waals surface area contributed by atoms with E-state index in [1.165, 1.54) is 11.0 Å². The predicted molar refractivity (Wildman–Crippen MR) is 87.0 cm³/mol. The first kappa shape index (κ1) is 16.3. The molecule has 1 saturated heterocycles. The normalized spacial score (nSPS) is 15.6. The Morgan fingerprint density at radius 2 is 1.92 bits per heavy atom. The van der Waals surface area contributed by atoms with Crippen molar-refractivity contribution < 1.29 is 24.7 Å². The summed E-state index contributed by atoms with van der Waals surface area (Å²) < 4.78 is 0. The monoisotopic (exact) mass is 328 g/mol. The van der Waals surface area contributed by atoms with Crippen LogP contribution >= 0.6 is 0 Å². The highest BCUT2D eigenvalue weighted by Gasteiger charge is 2.23. The summed E-state index contributed by atoms with van der Waals surface area (Å²) in [7, 11) is 0. The fraction of sp³-hybridized carbons (Fsp3) is 0.333. The zero-order chi connectivity index (χ0) is 17.3. The van der Waals surface area contributed by atoms with Crippen molar-refractivity contribution in [1.82, 2.24) is 4.90 Å². The maximum atomic E-state index is 12.6. The van der Waals surface area contributed by atoms with E-state index in [2.05, 4.69) is 0 Å². The molecular weight excluding hydrogens is 308 g/mol. The van der Waals surface area contributed by atoms with Gasteiger partial charge < -0.3 is 20.0 Å². The number of piperazine rings is 1. The number of fused-ring (bicyclic) bond motifs is 1. The third kappa shape index (κ3) is 3.05. The lowest BCUT2D eigenvalue weighted by atomic mass is 9.98. The second-order valence-electron chi connectivity index (χ2n) is 6.19. The summed E-state index contributed by atoms with van der Waals surface area (Å²) in [6.07, 6.45) is 0. The third-order valence-electron chi connectivity index (χ3n) is 4.68. The minimum atomic E-state index is -1.19. The van der Waals surface area contributed by atoms with Gasteiger partial charge in [-0.3, -0.25) is 4.79 Å². The number of nitrogens with zero attached hydrogens (tertiary/aromatic N) is 1. The molecule has 0 aromatic heterocycles. The Morgan fingerprint density at radius 1 is 1.25 bits per heavy atom. The summed E-state index contributed by atoms with van der Waals surface area (Å²) in [5, 5.41) is 23.5. The number of hydrogen-bond donors (Lipinski definition) is 2. The molecule has 1 fully saturated rings. The van der Waals surface area contributed by atoms with Gasteiger partial charge in [0.05, 0.1) is 31.7 Å². The second-order valence-corrected chi connectivity index (χ2v) is 6.19. The summed E-state index contributed by atoms with van der Waals surface area (Å²) in [4.78, 5) is 25.8. The van der Waals surface area contributed by atoms with E-state index < -0.39 is 11.7 Å². The van der Waals surface area contributed by atoms with Gasteiger partial charge in [0.25, 0.3) is 0 Å². The molecule has 1 amide bonds. The Hall–Kier alpha value is -2.60. The first-order chi connectivity index (χ1) is 11.5. The van der Waals surface area contributed by atoms with Crippen LogP contribution in [0.15, 0.2) is 30.3 Å². The van der Waals surface area contributed by atoms with E-state index in [0.29, 0.717) is 25.2 Å². The van der Waals surface area contributed by atoms with Crippen molar-refractivity contribution in [2.24, 2.45) is 0 Å². The van der Waals surface area contributed by atoms with Crippen molar-refractivity contribution in [2.45, 2.75) is 13.5 Å². The number of carbonyl (C=O) groups excluding carboxylic acids is 1. The molecule has 3 rings (SSSR count). The van der Waals surface area contributed by atoms with Gasteiger partial charge in [-0.1, -0.05) is 30.0 Å². The van der Waals surface area contributed by atoms with Crippen LogP contribution in [0.25, 0.3) is 10.8 Å². The number of nitrogens with one attached hydrogen (secondary N) is 1. The molecule has 0 atom stereocenters. The van der Waals surface area contributed by atoms with Gasteiger partial charge in [-0.05, 0) is 16.8 Å². The number of rotatable bonds is 3. The average Bonchev–Trinajstić information content (AvgIpc) is 2.57. The molecule has 6 heteroatoms. The Labute approximate surface area is 139 Å². The molecule has 0 aliphatic carbocycles. The Balaban J connectivity index is 1.93. The van der Waals surface area contributed by atoms with Crippen LogP contribution in [0.4, 0.5) is 0 Å². The SMILES string of the molecule is CC(=O)N1CC[NH+](Cc2c([O-])c(C(=O)O)cc3ccccc23)CC1. The fourth-order valence-electron chi connectivity index (χ4n) is 3.30. The smallest absolute Gasteiger partial charge is 0.335 e. The van der Waals surface area contributed by atoms with E-state index in [1.54, 1.807) is 11.8 Å². The van der Waals surface area contributed by atoms with Crippen LogP contribution < -0.4 is 10.0 Å². The van der Waals surface area contributed by atoms with Crippen molar-refractivity contribution in [3.63, 3.8) is 0 Å². The minimum absolute atomic E-state index is 0.0666. The molecule has 0 spiro atoms. The van der Waals surface area contributed by atoms with E-state index in [-0.39, 0.29) is 11.5 Å². The zero-order valence-electron chi connectivity index (χ0n) is 13.5. The lowest BCUT2D eigenvalue weighted by Crippen LogP contribution is -3.13. The molecule has 1 heterocycles. The molecule has 24 heavy (non-hydrogen) atoms. The number of carboxylic acids is 1. The van der Waals surface area contributed by atoms with Gasteiger partial charge in [-0.25, -0.2) is 4.79 Å². The summed E-state index contributed by atoms with van der Waals surface area (Å²) in [5.41, 5.74) is 0.377. The standard InChI is InChI=1S/C18H20N2O4/c1-12(21)20-8-6-19(7-9-20)11-16-14-5-3-2-4-13(14)10-15(17(16)22)18(23)24/h2-5,10,22H,6-9,11H2,1H3,(H,23,24). The number of quaternary nitrogens is 1. The molecule has 2 N–H and O–H groups in total. The Morgan fingerprint density at radius 3 is 2.54 bits per heavy atom. The van der Waals surface area contributed by atoms with Crippen molar-refractivity contribution >= 4 is 22.6 Å². The van der Waals surface area contributed by atoms with E-state index >= 15 is 0 Å². The first-order valence-corrected chi connectivity index (χ1v) is 8.01. The summed E-state index contributed by atoms with van der Waals surface area (Å²) in [5.74, 6) is -1.53. The quantitative estimate of drug-likeness (QED) is 0.821. The molecule has 1 aliphatic heterocycles. The summed E-state index contributed by atoms with van der Waals surface area (Å²) >= 11 is 0. The van der Waals surface area contributed by atoms with Gasteiger partial charge in [0.15, 0.2) is 0 Å². The highest BCUT2D eigenvalue weighted by Crippen LogP contribution is 2.29. The second kappa shape index (κ2) is 6.49. The van der Waals surface area contributed by atoms with Crippen molar-refractivity contribution in [3.05, 3.63) is 41.5 Å². The van der Waals surface area contributed by atoms with Gasteiger partial charge in [0.1, 0.15) is 6.54 Å². The number of aromatic carboxylic acids is 1. The number of carboxylic acid groups (broad SMARTS) is 1. The van der Waals surface area contributed by atoms with Crippen molar-refractivity contribution in [2.75, 3.05) is 26.2 Å². The van der Waals surface area contributed by atoms with Crippen LogP contribution in [-0.4, -0.2) is 48.1 Å². The van der Waals surface area contributed by atoms with Gasteiger partial charge in [-0.15, -0.1) is 0 Å². The largest absolute Gasteiger partial charge is 0.872 e. The molecular formula is C18H20N2O4. The summed E-state index contributed by atoms with van der Waals surface area (Å²) in [6.45, 7) is 4.87. The van der Waals surface area contributed by atoms with Gasteiger partial charge in [0, 0.05) is 12.5 Å². The van der Waals surface area contributed by atoms with Crippen molar-refractivity contribution in [3.8, 4) is 5.75 Å². The van der Waals surface area contributed by atoms with Crippen LogP contribution in [-0.2, 0) is 11.3 Å². The minimum Gasteiger partial charge on any atom is -0.872 e. The highest BCUT2D eigenvalue weighted by molar-refractivity contribution is 5.99. The lowest BCUT2D eigenvalue weighted by Gasteiger charge is -2.33. The van der Waals surface area contributed by atoms with E-state index in [0.717, 1.165) is 23.9 Å². The maximum Gasteiger partial charge on any atom is 0.335 e. The molecule has 6 nitrogen and oxygen atoms in total. The van der Waals surface area contributed by atoms with Gasteiger partial charge >= 0.3 is 5.97 Å². The molecule has 2 aromatic rings. The number of benzene rings is 2. The van der Waals surface area contributed by atoms with Crippen LogP contribution in [0.3, 0.4) is 0 Å². The van der Waals surface area contributed by atoms with Crippen LogP contribution in [0.5, 0.6) is 5.75 Å². The number of amides is 1. The van der Waals surface area contributed by atoms with E-state index in [9.17, 15) is 19.8 Å². The third-order valence-corrected chi connectivity index (χ3v) is 4.68. The topological polar surface area (TPSA) is 85.1 Å². The molecule has 0 bridgehead atoms. The molecule has 0 saturated carbocycles. The lowest BCUT2D eigenvalue weighted by molar-refractivity contribution is -0.917. The van der Waals surface area contributed by atoms with Crippen LogP contribution in [0.1, 0.15) is 22.8 Å². The van der Waals surface area contributed by atoms with Crippen LogP contribution in [0.2, 0.25) is 0 Å². The number of carbonyl (C=O) groups is 2. The maximum absolute atomic E-state index is 12.6. The average molecular weight is 328 g/mol. The molecule has 1 aliphatic rings. The number of hydrogen-bond acceptors (Lipinski definition) is 3. The van der Waals surface area contributed by atoms with E-state index in [4.69, 9.17) is 0 Å². The Bertz CT molecular complexity index is 795.